The highest BCUT2D eigenvalue weighted by Gasteiger charge is 2.05. The van der Waals surface area contributed by atoms with Crippen LogP contribution in [0.1, 0.15) is 11.1 Å². The van der Waals surface area contributed by atoms with Crippen LogP contribution in [0.5, 0.6) is 0 Å². The maximum atomic E-state index is 9.12. The summed E-state index contributed by atoms with van der Waals surface area (Å²) in [5.41, 5.74) is 2.10. The van der Waals surface area contributed by atoms with E-state index in [9.17, 15) is 0 Å². The number of rotatable bonds is 5. The highest BCUT2D eigenvalue weighted by atomic mass is 35.5. The Labute approximate surface area is 144 Å². The summed E-state index contributed by atoms with van der Waals surface area (Å²) in [6.45, 7) is 0.520. The lowest BCUT2D eigenvalue weighted by Gasteiger charge is -2.09. The van der Waals surface area contributed by atoms with E-state index in [2.05, 4.69) is 31.9 Å². The van der Waals surface area contributed by atoms with Gasteiger partial charge in [0.1, 0.15) is 6.07 Å². The molecule has 6 nitrogen and oxygen atoms in total. The Morgan fingerprint density at radius 3 is 2.71 bits per heavy atom. The number of hydrogen-bond donors (Lipinski definition) is 2. The van der Waals surface area contributed by atoms with Gasteiger partial charge in [-0.3, -0.25) is 0 Å². The number of para-hydroxylation sites is 1. The van der Waals surface area contributed by atoms with Gasteiger partial charge in [0.25, 0.3) is 0 Å². The fourth-order valence-electron chi connectivity index (χ4n) is 2.08. The number of nitriles is 1. The van der Waals surface area contributed by atoms with Crippen molar-refractivity contribution in [1.82, 2.24) is 15.2 Å². The van der Waals surface area contributed by atoms with Gasteiger partial charge in [-0.2, -0.15) is 15.3 Å². The van der Waals surface area contributed by atoms with Crippen LogP contribution in [0.2, 0.25) is 5.02 Å². The molecule has 2 aromatic carbocycles. The third-order valence-corrected chi connectivity index (χ3v) is 3.64. The molecule has 0 radical (unpaired) electrons. The van der Waals surface area contributed by atoms with Gasteiger partial charge in [-0.05, 0) is 23.8 Å². The molecule has 0 aliphatic heterocycles. The molecule has 0 aliphatic carbocycles. The molecule has 0 bridgehead atoms. The number of nitrogens with one attached hydrogen (secondary N) is 2. The zero-order chi connectivity index (χ0) is 16.8. The molecule has 24 heavy (non-hydrogen) atoms. The lowest BCUT2D eigenvalue weighted by molar-refractivity contribution is 0.965. The largest absolute Gasteiger partial charge is 0.364 e. The minimum Gasteiger partial charge on any atom is -0.364 e. The summed E-state index contributed by atoms with van der Waals surface area (Å²) in [6.07, 6.45) is 1.53. The van der Waals surface area contributed by atoms with E-state index >= 15 is 0 Å². The predicted molar refractivity (Wildman–Crippen MR) is 93.0 cm³/mol. The molecule has 118 valence electrons. The summed E-state index contributed by atoms with van der Waals surface area (Å²) >= 11 is 6.13. The van der Waals surface area contributed by atoms with Gasteiger partial charge in [0.15, 0.2) is 5.82 Å². The van der Waals surface area contributed by atoms with Crippen molar-refractivity contribution in [3.63, 3.8) is 0 Å². The summed E-state index contributed by atoms with van der Waals surface area (Å²) < 4.78 is 0. The van der Waals surface area contributed by atoms with Gasteiger partial charge < -0.3 is 10.6 Å². The Hall–Kier alpha value is -3.17. The Bertz CT molecular complexity index is 890. The van der Waals surface area contributed by atoms with Crippen molar-refractivity contribution in [3.8, 4) is 6.07 Å². The van der Waals surface area contributed by atoms with Crippen LogP contribution in [0, 0.1) is 11.3 Å². The Morgan fingerprint density at radius 2 is 1.88 bits per heavy atom. The summed E-state index contributed by atoms with van der Waals surface area (Å²) in [6, 6.07) is 16.8. The second kappa shape index (κ2) is 7.40. The Kier molecular flexibility index (Phi) is 4.84. The molecule has 0 amide bonds. The normalized spacial score (nSPS) is 10.0. The molecule has 0 saturated heterocycles. The molecule has 7 heteroatoms. The quantitative estimate of drug-likeness (QED) is 0.737. The van der Waals surface area contributed by atoms with E-state index in [-0.39, 0.29) is 0 Å². The van der Waals surface area contributed by atoms with Gasteiger partial charge >= 0.3 is 0 Å². The summed E-state index contributed by atoms with van der Waals surface area (Å²) in [5.74, 6) is 0.865. The first-order chi connectivity index (χ1) is 11.8. The predicted octanol–water partition coefficient (Wildman–Crippen LogP) is 3.75. The van der Waals surface area contributed by atoms with E-state index in [4.69, 9.17) is 16.9 Å². The number of halogens is 1. The monoisotopic (exact) mass is 336 g/mol. The average molecular weight is 337 g/mol. The number of nitrogens with zero attached hydrogens (tertiary/aromatic N) is 4. The molecular formula is C17H13ClN6. The molecular weight excluding hydrogens is 324 g/mol. The van der Waals surface area contributed by atoms with Gasteiger partial charge in [-0.25, -0.2) is 0 Å². The molecule has 3 aromatic rings. The van der Waals surface area contributed by atoms with Crippen LogP contribution in [0.3, 0.4) is 0 Å². The van der Waals surface area contributed by atoms with Crippen molar-refractivity contribution in [1.29, 1.82) is 5.26 Å². The topological polar surface area (TPSA) is 86.5 Å². The summed E-state index contributed by atoms with van der Waals surface area (Å²) in [5, 5.41) is 23.8. The van der Waals surface area contributed by atoms with Crippen LogP contribution in [0.15, 0.2) is 54.7 Å². The van der Waals surface area contributed by atoms with Crippen LogP contribution >= 0.6 is 11.6 Å². The Morgan fingerprint density at radius 1 is 1.08 bits per heavy atom. The van der Waals surface area contributed by atoms with Gasteiger partial charge in [0.05, 0.1) is 17.4 Å². The average Bonchev–Trinajstić information content (AvgIpc) is 2.62. The molecule has 0 fully saturated rings. The SMILES string of the molecule is N#Cc1ccccc1Nc1nncc(NCc2ccccc2Cl)n1. The van der Waals surface area contributed by atoms with E-state index < -0.39 is 0 Å². The molecule has 0 unspecified atom stereocenters. The molecule has 3 rings (SSSR count). The summed E-state index contributed by atoms with van der Waals surface area (Å²) in [4.78, 5) is 4.34. The third-order valence-electron chi connectivity index (χ3n) is 3.27. The molecule has 0 atom stereocenters. The second-order valence-corrected chi connectivity index (χ2v) is 5.30. The minimum atomic E-state index is 0.307. The van der Waals surface area contributed by atoms with Crippen molar-refractivity contribution < 1.29 is 0 Å². The maximum absolute atomic E-state index is 9.12. The Balaban J connectivity index is 1.73. The molecule has 0 saturated carbocycles. The van der Waals surface area contributed by atoms with Gasteiger partial charge in [-0.15, -0.1) is 5.10 Å². The first-order valence-electron chi connectivity index (χ1n) is 7.19. The fraction of sp³-hybridized carbons (Fsp3) is 0.0588. The lowest BCUT2D eigenvalue weighted by Crippen LogP contribution is -2.06. The van der Waals surface area contributed by atoms with Crippen LogP contribution in [0.4, 0.5) is 17.5 Å². The van der Waals surface area contributed by atoms with E-state index in [0.717, 1.165) is 5.56 Å². The van der Waals surface area contributed by atoms with Crippen molar-refractivity contribution in [2.45, 2.75) is 6.54 Å². The third kappa shape index (κ3) is 3.77. The van der Waals surface area contributed by atoms with Crippen molar-refractivity contribution in [3.05, 3.63) is 70.9 Å². The zero-order valence-electron chi connectivity index (χ0n) is 12.6. The van der Waals surface area contributed by atoms with E-state index in [1.807, 2.05) is 30.3 Å². The lowest BCUT2D eigenvalue weighted by atomic mass is 10.2. The van der Waals surface area contributed by atoms with Crippen LogP contribution in [0.25, 0.3) is 0 Å². The van der Waals surface area contributed by atoms with Crippen molar-refractivity contribution in [2.24, 2.45) is 0 Å². The fourth-order valence-corrected chi connectivity index (χ4v) is 2.28. The first kappa shape index (κ1) is 15.7. The zero-order valence-corrected chi connectivity index (χ0v) is 13.3. The van der Waals surface area contributed by atoms with Gasteiger partial charge in [0, 0.05) is 11.6 Å². The van der Waals surface area contributed by atoms with Crippen LogP contribution < -0.4 is 10.6 Å². The standard InChI is InChI=1S/C17H13ClN6/c18-14-7-3-1-6-13(14)10-20-16-11-21-24-17(23-16)22-15-8-4-2-5-12(15)9-19/h1-8,11H,10H2,(H2,20,22,23,24). The maximum Gasteiger partial charge on any atom is 0.249 e. The highest BCUT2D eigenvalue weighted by molar-refractivity contribution is 6.31. The number of aromatic nitrogens is 3. The number of anilines is 3. The van der Waals surface area contributed by atoms with E-state index in [1.165, 1.54) is 6.20 Å². The molecule has 2 N–H and O–H groups in total. The molecule has 0 spiro atoms. The van der Waals surface area contributed by atoms with E-state index in [0.29, 0.717) is 34.6 Å². The second-order valence-electron chi connectivity index (χ2n) is 4.89. The smallest absolute Gasteiger partial charge is 0.249 e. The molecule has 0 aliphatic rings. The minimum absolute atomic E-state index is 0.307. The van der Waals surface area contributed by atoms with Crippen molar-refractivity contribution in [2.75, 3.05) is 10.6 Å². The van der Waals surface area contributed by atoms with Gasteiger partial charge in [-0.1, -0.05) is 41.9 Å². The highest BCUT2D eigenvalue weighted by Crippen LogP contribution is 2.19. The molecule has 1 aromatic heterocycles. The summed E-state index contributed by atoms with van der Waals surface area (Å²) in [7, 11) is 0. The molecule has 1 heterocycles. The van der Waals surface area contributed by atoms with Crippen molar-refractivity contribution >= 4 is 29.1 Å². The van der Waals surface area contributed by atoms with Gasteiger partial charge in [0.2, 0.25) is 5.95 Å². The van der Waals surface area contributed by atoms with Crippen LogP contribution in [-0.4, -0.2) is 15.2 Å². The van der Waals surface area contributed by atoms with E-state index in [1.54, 1.807) is 18.2 Å². The number of hydrogen-bond acceptors (Lipinski definition) is 6. The first-order valence-corrected chi connectivity index (χ1v) is 7.57. The number of benzene rings is 2. The van der Waals surface area contributed by atoms with Crippen LogP contribution in [-0.2, 0) is 6.54 Å².